The van der Waals surface area contributed by atoms with Crippen molar-refractivity contribution in [1.82, 2.24) is 5.32 Å². The van der Waals surface area contributed by atoms with E-state index in [1.54, 1.807) is 24.3 Å². The Labute approximate surface area is 237 Å². The predicted octanol–water partition coefficient (Wildman–Crippen LogP) is 5.76. The molecular weight excluding hydrogens is 575 g/mol. The Morgan fingerprint density at radius 2 is 1.82 bits per heavy atom. The Kier molecular flexibility index (Phi) is 8.23. The van der Waals surface area contributed by atoms with E-state index in [0.717, 1.165) is 10.5 Å². The number of halogens is 3. The van der Waals surface area contributed by atoms with Gasteiger partial charge in [0.15, 0.2) is 16.6 Å². The fourth-order valence-electron chi connectivity index (χ4n) is 3.58. The summed E-state index contributed by atoms with van der Waals surface area (Å²) in [5.74, 6) is -2.13. The van der Waals surface area contributed by atoms with Gasteiger partial charge in [0, 0.05) is 0 Å². The molecule has 0 aromatic heterocycles. The van der Waals surface area contributed by atoms with Crippen LogP contribution in [0.5, 0.6) is 11.5 Å². The summed E-state index contributed by atoms with van der Waals surface area (Å²) in [5.41, 5.74) is 1.01. The third-order valence-corrected chi connectivity index (χ3v) is 6.69. The Bertz CT molecular complexity index is 1520. The molecule has 1 heterocycles. The van der Waals surface area contributed by atoms with E-state index in [0.29, 0.717) is 15.6 Å². The average Bonchev–Trinajstić information content (AvgIpc) is 2.87. The normalized spacial score (nSPS) is 14.5. The number of carbonyl (C=O) groups is 3. The van der Waals surface area contributed by atoms with E-state index in [2.05, 4.69) is 5.32 Å². The Morgan fingerprint density at radius 1 is 1.05 bits per heavy atom. The zero-order chi connectivity index (χ0) is 27.6. The van der Waals surface area contributed by atoms with Crippen LogP contribution >= 0.6 is 47.0 Å². The number of benzene rings is 3. The summed E-state index contributed by atoms with van der Waals surface area (Å²) in [6.45, 7) is 0.121. The summed E-state index contributed by atoms with van der Waals surface area (Å²) in [6, 6.07) is 13.7. The van der Waals surface area contributed by atoms with Gasteiger partial charge in [0.25, 0.3) is 11.8 Å². The highest BCUT2D eigenvalue weighted by atomic mass is 35.5. The van der Waals surface area contributed by atoms with E-state index in [-0.39, 0.29) is 45.1 Å². The molecule has 1 aliphatic rings. The zero-order valence-electron chi connectivity index (χ0n) is 19.5. The van der Waals surface area contributed by atoms with Crippen molar-refractivity contribution < 1.29 is 29.0 Å². The number of rotatable bonds is 7. The monoisotopic (exact) mass is 590 g/mol. The lowest BCUT2D eigenvalue weighted by atomic mass is 10.1. The number of carbonyl (C=O) groups excluding carboxylic acids is 2. The number of anilines is 1. The average molecular weight is 592 g/mol. The van der Waals surface area contributed by atoms with Gasteiger partial charge in [0.2, 0.25) is 0 Å². The van der Waals surface area contributed by atoms with Crippen LogP contribution in [0.2, 0.25) is 15.1 Å². The molecule has 0 aliphatic carbocycles. The second-order valence-electron chi connectivity index (χ2n) is 7.88. The van der Waals surface area contributed by atoms with Crippen molar-refractivity contribution in [1.29, 1.82) is 0 Å². The van der Waals surface area contributed by atoms with E-state index in [1.807, 2.05) is 0 Å². The van der Waals surface area contributed by atoms with Gasteiger partial charge in [-0.2, -0.15) is 0 Å². The van der Waals surface area contributed by atoms with Gasteiger partial charge in [-0.3, -0.25) is 19.8 Å². The lowest BCUT2D eigenvalue weighted by molar-refractivity contribution is -0.122. The van der Waals surface area contributed by atoms with Crippen LogP contribution < -0.4 is 19.7 Å². The molecule has 4 rings (SSSR count). The molecule has 0 spiro atoms. The van der Waals surface area contributed by atoms with Gasteiger partial charge < -0.3 is 14.6 Å². The minimum Gasteiger partial charge on any atom is -0.493 e. The summed E-state index contributed by atoms with van der Waals surface area (Å²) < 4.78 is 11.3. The largest absolute Gasteiger partial charge is 0.493 e. The van der Waals surface area contributed by atoms with Gasteiger partial charge in [-0.25, -0.2) is 4.79 Å². The third-order valence-electron chi connectivity index (χ3n) is 5.38. The van der Waals surface area contributed by atoms with E-state index in [9.17, 15) is 19.5 Å². The van der Waals surface area contributed by atoms with Crippen molar-refractivity contribution in [2.24, 2.45) is 0 Å². The summed E-state index contributed by atoms with van der Waals surface area (Å²) >= 11 is 23.7. The number of thiocarbonyl (C=S) groups is 1. The van der Waals surface area contributed by atoms with Crippen LogP contribution in [0.1, 0.15) is 21.5 Å². The highest BCUT2D eigenvalue weighted by Gasteiger charge is 2.35. The highest BCUT2D eigenvalue weighted by Crippen LogP contribution is 2.38. The van der Waals surface area contributed by atoms with Gasteiger partial charge in [-0.1, -0.05) is 46.9 Å². The van der Waals surface area contributed by atoms with E-state index in [1.165, 1.54) is 43.5 Å². The highest BCUT2D eigenvalue weighted by molar-refractivity contribution is 7.80. The molecule has 0 radical (unpaired) electrons. The molecule has 2 N–H and O–H groups in total. The lowest BCUT2D eigenvalue weighted by Gasteiger charge is -2.29. The topological polar surface area (TPSA) is 105 Å². The molecule has 8 nitrogen and oxygen atoms in total. The molecule has 0 unspecified atom stereocenters. The van der Waals surface area contributed by atoms with Gasteiger partial charge >= 0.3 is 5.97 Å². The molecule has 0 atom stereocenters. The quantitative estimate of drug-likeness (QED) is 0.204. The minimum atomic E-state index is -1.18. The lowest BCUT2D eigenvalue weighted by Crippen LogP contribution is -2.54. The number of hydrogen-bond acceptors (Lipinski definition) is 6. The zero-order valence-corrected chi connectivity index (χ0v) is 22.5. The maximum Gasteiger partial charge on any atom is 0.335 e. The maximum absolute atomic E-state index is 13.3. The van der Waals surface area contributed by atoms with Gasteiger partial charge in [-0.15, -0.1) is 0 Å². The third kappa shape index (κ3) is 5.76. The number of carboxylic acid groups (broad SMARTS) is 1. The first-order valence-corrected chi connectivity index (χ1v) is 12.3. The molecule has 1 aliphatic heterocycles. The Hall–Kier alpha value is -3.63. The fraction of sp³-hybridized carbons (Fsp3) is 0.0769. The van der Waals surface area contributed by atoms with Crippen molar-refractivity contribution in [3.63, 3.8) is 0 Å². The Balaban J connectivity index is 1.64. The van der Waals surface area contributed by atoms with Crippen LogP contribution in [0.25, 0.3) is 6.08 Å². The summed E-state index contributed by atoms with van der Waals surface area (Å²) in [7, 11) is 1.42. The molecule has 1 saturated heterocycles. The number of carboxylic acids is 1. The van der Waals surface area contributed by atoms with E-state index in [4.69, 9.17) is 56.5 Å². The molecule has 0 saturated carbocycles. The molecule has 3 aromatic rings. The van der Waals surface area contributed by atoms with Crippen LogP contribution in [0.4, 0.5) is 5.69 Å². The first kappa shape index (κ1) is 27.4. The van der Waals surface area contributed by atoms with Crippen molar-refractivity contribution in [3.05, 3.63) is 91.9 Å². The summed E-state index contributed by atoms with van der Waals surface area (Å²) in [4.78, 5) is 38.4. The van der Waals surface area contributed by atoms with Crippen molar-refractivity contribution in [2.45, 2.75) is 6.61 Å². The first-order chi connectivity index (χ1) is 18.1. The van der Waals surface area contributed by atoms with Crippen LogP contribution in [0.15, 0.2) is 60.2 Å². The standard InChI is InChI=1S/C26H17Cl3N2O6S/c1-36-21-10-14(9-20(29)22(21)37-12-13-5-6-18(27)19(28)8-13)7-17-23(32)30-26(38)31(24(17)33)16-4-2-3-15(11-16)25(34)35/h2-11H,12H2,1H3,(H,34,35)(H,30,32,38). The van der Waals surface area contributed by atoms with Crippen molar-refractivity contribution in [2.75, 3.05) is 12.0 Å². The minimum absolute atomic E-state index is 0.0477. The molecule has 38 heavy (non-hydrogen) atoms. The van der Waals surface area contributed by atoms with Crippen molar-refractivity contribution in [3.8, 4) is 11.5 Å². The molecule has 12 heteroatoms. The number of ether oxygens (including phenoxy) is 2. The number of methoxy groups -OCH3 is 1. The molecule has 2 amide bonds. The molecule has 0 bridgehead atoms. The Morgan fingerprint density at radius 3 is 2.50 bits per heavy atom. The SMILES string of the molecule is COc1cc(C=C2C(=O)NC(=S)N(c3cccc(C(=O)O)c3)C2=O)cc(Cl)c1OCc1ccc(Cl)c(Cl)c1. The smallest absolute Gasteiger partial charge is 0.335 e. The molecule has 1 fully saturated rings. The number of aromatic carboxylic acids is 1. The summed E-state index contributed by atoms with van der Waals surface area (Å²) in [5, 5.41) is 12.5. The first-order valence-electron chi connectivity index (χ1n) is 10.8. The number of nitrogens with zero attached hydrogens (tertiary/aromatic N) is 1. The number of hydrogen-bond donors (Lipinski definition) is 2. The van der Waals surface area contributed by atoms with Crippen LogP contribution in [0.3, 0.4) is 0 Å². The number of amides is 2. The van der Waals surface area contributed by atoms with E-state index >= 15 is 0 Å². The molecule has 194 valence electrons. The van der Waals surface area contributed by atoms with E-state index < -0.39 is 17.8 Å². The summed E-state index contributed by atoms with van der Waals surface area (Å²) in [6.07, 6.45) is 1.32. The van der Waals surface area contributed by atoms with Gasteiger partial charge in [0.1, 0.15) is 12.2 Å². The fourth-order valence-corrected chi connectivity index (χ4v) is 4.46. The second-order valence-corrected chi connectivity index (χ2v) is 9.49. The molecular formula is C26H17Cl3N2O6S. The predicted molar refractivity (Wildman–Crippen MR) is 148 cm³/mol. The van der Waals surface area contributed by atoms with Crippen LogP contribution in [-0.4, -0.2) is 35.1 Å². The number of nitrogens with one attached hydrogen (secondary N) is 1. The van der Waals surface area contributed by atoms with Crippen molar-refractivity contribution >= 4 is 81.7 Å². The van der Waals surface area contributed by atoms with Crippen LogP contribution in [-0.2, 0) is 16.2 Å². The van der Waals surface area contributed by atoms with Gasteiger partial charge in [0.05, 0.1) is 33.4 Å². The second kappa shape index (κ2) is 11.4. The molecule has 3 aromatic carbocycles. The van der Waals surface area contributed by atoms with Crippen LogP contribution in [0, 0.1) is 0 Å². The van der Waals surface area contributed by atoms with Gasteiger partial charge in [-0.05, 0) is 71.9 Å². The maximum atomic E-state index is 13.3.